The van der Waals surface area contributed by atoms with Crippen molar-refractivity contribution in [1.82, 2.24) is 9.97 Å². The summed E-state index contributed by atoms with van der Waals surface area (Å²) in [6.45, 7) is 0. The monoisotopic (exact) mass is 404 g/mol. The highest BCUT2D eigenvalue weighted by Gasteiger charge is 2.36. The van der Waals surface area contributed by atoms with Crippen molar-refractivity contribution < 1.29 is 22.0 Å². The van der Waals surface area contributed by atoms with E-state index in [1.807, 2.05) is 4.98 Å². The molecule has 1 N–H and O–H groups in total. The molecule has 0 fully saturated rings. The first-order chi connectivity index (χ1) is 8.70. The molecule has 0 radical (unpaired) electrons. The number of rotatable bonds is 1. The Morgan fingerprint density at radius 3 is 2.00 bits per heavy atom. The van der Waals surface area contributed by atoms with Gasteiger partial charge in [-0.2, -0.15) is 13.2 Å². The molecule has 0 bridgehead atoms. The second-order valence-electron chi connectivity index (χ2n) is 3.49. The summed E-state index contributed by atoms with van der Waals surface area (Å²) in [5.41, 5.74) is -1.86. The van der Waals surface area contributed by atoms with Gasteiger partial charge in [0.25, 0.3) is 0 Å². The van der Waals surface area contributed by atoms with Gasteiger partial charge in [-0.15, -0.1) is 0 Å². The number of H-pyrrole nitrogens is 1. The van der Waals surface area contributed by atoms with Crippen molar-refractivity contribution in [1.29, 1.82) is 0 Å². The van der Waals surface area contributed by atoms with Crippen LogP contribution in [0.2, 0.25) is 0 Å². The molecule has 2 rings (SSSR count). The van der Waals surface area contributed by atoms with Crippen LogP contribution >= 0.6 is 31.9 Å². The van der Waals surface area contributed by atoms with E-state index in [0.717, 1.165) is 12.1 Å². The highest BCUT2D eigenvalue weighted by Crippen LogP contribution is 2.36. The van der Waals surface area contributed by atoms with E-state index in [0.29, 0.717) is 0 Å². The molecule has 0 aliphatic heterocycles. The maximum absolute atomic E-state index is 13.6. The highest BCUT2D eigenvalue weighted by atomic mass is 79.9. The summed E-state index contributed by atoms with van der Waals surface area (Å²) in [4.78, 5) is 5.30. The van der Waals surface area contributed by atoms with Gasteiger partial charge < -0.3 is 4.98 Å². The van der Waals surface area contributed by atoms with Crippen molar-refractivity contribution >= 4 is 31.9 Å². The van der Waals surface area contributed by atoms with Crippen LogP contribution in [0, 0.1) is 11.6 Å². The van der Waals surface area contributed by atoms with Gasteiger partial charge in [0.2, 0.25) is 0 Å². The van der Waals surface area contributed by atoms with Crippen LogP contribution in [-0.4, -0.2) is 9.97 Å². The third-order valence-electron chi connectivity index (χ3n) is 2.19. The number of hydrogen-bond donors (Lipinski definition) is 1. The van der Waals surface area contributed by atoms with E-state index in [1.165, 1.54) is 0 Å². The fourth-order valence-electron chi connectivity index (χ4n) is 1.43. The lowest BCUT2D eigenvalue weighted by Gasteiger charge is -2.04. The van der Waals surface area contributed by atoms with Crippen LogP contribution in [-0.2, 0) is 6.18 Å². The molecule has 19 heavy (non-hydrogen) atoms. The highest BCUT2D eigenvalue weighted by molar-refractivity contribution is 9.10. The van der Waals surface area contributed by atoms with Crippen molar-refractivity contribution in [2.75, 3.05) is 0 Å². The molecule has 102 valence electrons. The van der Waals surface area contributed by atoms with E-state index in [-0.39, 0.29) is 4.47 Å². The molecule has 0 unspecified atom stereocenters. The SMILES string of the molecule is Fc1cc(Br)cc(F)c1-c1nc(Br)c(C(F)(F)F)[nH]1. The average molecular weight is 406 g/mol. The smallest absolute Gasteiger partial charge is 0.333 e. The molecule has 0 amide bonds. The number of aromatic amines is 1. The lowest BCUT2D eigenvalue weighted by Crippen LogP contribution is -2.06. The number of imidazole rings is 1. The molecular formula is C10H3Br2F5N2. The first kappa shape index (κ1) is 14.4. The number of nitrogens with zero attached hydrogens (tertiary/aromatic N) is 1. The van der Waals surface area contributed by atoms with E-state index in [1.54, 1.807) is 0 Å². The van der Waals surface area contributed by atoms with Gasteiger partial charge in [-0.3, -0.25) is 0 Å². The second-order valence-corrected chi connectivity index (χ2v) is 5.16. The largest absolute Gasteiger partial charge is 0.433 e. The average Bonchev–Trinajstić information content (AvgIpc) is 2.57. The quantitative estimate of drug-likeness (QED) is 0.672. The van der Waals surface area contributed by atoms with Gasteiger partial charge in [0, 0.05) is 4.47 Å². The Kier molecular flexibility index (Phi) is 3.69. The molecule has 1 heterocycles. The minimum Gasteiger partial charge on any atom is -0.333 e. The maximum Gasteiger partial charge on any atom is 0.433 e. The Bertz CT molecular complexity index is 612. The van der Waals surface area contributed by atoms with Crippen LogP contribution in [0.25, 0.3) is 11.4 Å². The van der Waals surface area contributed by atoms with Gasteiger partial charge in [0.15, 0.2) is 5.69 Å². The van der Waals surface area contributed by atoms with E-state index < -0.39 is 39.5 Å². The van der Waals surface area contributed by atoms with Crippen molar-refractivity contribution in [2.45, 2.75) is 6.18 Å². The topological polar surface area (TPSA) is 28.7 Å². The van der Waals surface area contributed by atoms with Gasteiger partial charge in [-0.05, 0) is 28.1 Å². The molecule has 2 nitrogen and oxygen atoms in total. The van der Waals surface area contributed by atoms with Gasteiger partial charge in [0.1, 0.15) is 22.1 Å². The Hall–Kier alpha value is -0.960. The predicted octanol–water partition coefficient (Wildman–Crippen LogP) is 4.90. The van der Waals surface area contributed by atoms with Crippen LogP contribution in [0.4, 0.5) is 22.0 Å². The number of hydrogen-bond acceptors (Lipinski definition) is 1. The van der Waals surface area contributed by atoms with Gasteiger partial charge in [-0.25, -0.2) is 13.8 Å². The zero-order valence-corrected chi connectivity index (χ0v) is 11.9. The van der Waals surface area contributed by atoms with E-state index in [9.17, 15) is 22.0 Å². The van der Waals surface area contributed by atoms with Crippen molar-refractivity contribution in [2.24, 2.45) is 0 Å². The van der Waals surface area contributed by atoms with Crippen LogP contribution in [0.15, 0.2) is 21.2 Å². The standard InChI is InChI=1S/C10H3Br2F5N2/c11-3-1-4(13)6(5(14)2-3)9-18-7(8(12)19-9)10(15,16)17/h1-2H,(H,18,19). The van der Waals surface area contributed by atoms with E-state index >= 15 is 0 Å². The van der Waals surface area contributed by atoms with E-state index in [2.05, 4.69) is 36.8 Å². The molecule has 0 aliphatic carbocycles. The van der Waals surface area contributed by atoms with Crippen LogP contribution in [0.5, 0.6) is 0 Å². The lowest BCUT2D eigenvalue weighted by atomic mass is 10.2. The van der Waals surface area contributed by atoms with Crippen molar-refractivity contribution in [3.63, 3.8) is 0 Å². The summed E-state index contributed by atoms with van der Waals surface area (Å²) in [6.07, 6.45) is -4.70. The molecule has 0 aliphatic rings. The number of nitrogens with one attached hydrogen (secondary N) is 1. The first-order valence-corrected chi connectivity index (χ1v) is 6.26. The summed E-state index contributed by atoms with van der Waals surface area (Å²) in [7, 11) is 0. The first-order valence-electron chi connectivity index (χ1n) is 4.67. The molecule has 0 atom stereocenters. The number of alkyl halides is 3. The second kappa shape index (κ2) is 4.86. The normalized spacial score (nSPS) is 11.9. The fourth-order valence-corrected chi connectivity index (χ4v) is 2.33. The third kappa shape index (κ3) is 2.81. The molecular weight excluding hydrogens is 403 g/mol. The molecule has 0 saturated carbocycles. The molecule has 0 saturated heterocycles. The Morgan fingerprint density at radius 2 is 1.58 bits per heavy atom. The van der Waals surface area contributed by atoms with Crippen LogP contribution in [0.1, 0.15) is 5.69 Å². The summed E-state index contributed by atoms with van der Waals surface area (Å²) < 4.78 is 64.4. The number of benzene rings is 1. The Morgan fingerprint density at radius 1 is 1.05 bits per heavy atom. The molecule has 0 spiro atoms. The summed E-state index contributed by atoms with van der Waals surface area (Å²) in [6, 6.07) is 1.87. The molecule has 1 aromatic carbocycles. The zero-order chi connectivity index (χ0) is 14.4. The summed E-state index contributed by atoms with van der Waals surface area (Å²) >= 11 is 5.47. The van der Waals surface area contributed by atoms with Crippen LogP contribution < -0.4 is 0 Å². The lowest BCUT2D eigenvalue weighted by molar-refractivity contribution is -0.141. The minimum absolute atomic E-state index is 0.132. The van der Waals surface area contributed by atoms with Crippen molar-refractivity contribution in [3.05, 3.63) is 38.5 Å². The van der Waals surface area contributed by atoms with Crippen LogP contribution in [0.3, 0.4) is 0 Å². The molecule has 9 heteroatoms. The number of aromatic nitrogens is 2. The third-order valence-corrected chi connectivity index (χ3v) is 3.22. The van der Waals surface area contributed by atoms with Gasteiger partial charge in [-0.1, -0.05) is 15.9 Å². The Balaban J connectivity index is 2.61. The number of halogens is 7. The summed E-state index contributed by atoms with van der Waals surface area (Å²) in [5, 5.41) is 0. The molecule has 1 aromatic heterocycles. The van der Waals surface area contributed by atoms with E-state index in [4.69, 9.17) is 0 Å². The zero-order valence-electron chi connectivity index (χ0n) is 8.75. The predicted molar refractivity (Wildman–Crippen MR) is 64.3 cm³/mol. The minimum atomic E-state index is -4.70. The fraction of sp³-hybridized carbons (Fsp3) is 0.100. The van der Waals surface area contributed by atoms with Gasteiger partial charge in [0.05, 0.1) is 5.56 Å². The van der Waals surface area contributed by atoms with Crippen molar-refractivity contribution in [3.8, 4) is 11.4 Å². The summed E-state index contributed by atoms with van der Waals surface area (Å²) in [5.74, 6) is -2.59. The Labute approximate surface area is 120 Å². The van der Waals surface area contributed by atoms with Gasteiger partial charge >= 0.3 is 6.18 Å². The maximum atomic E-state index is 13.6. The molecule has 2 aromatic rings.